The maximum Gasteiger partial charge on any atom is 0.325 e. The molecule has 0 atom stereocenters. The molecule has 2 N–H and O–H groups in total. The third kappa shape index (κ3) is 4.51. The van der Waals surface area contributed by atoms with Gasteiger partial charge in [0.15, 0.2) is 5.16 Å². The number of amides is 3. The smallest absolute Gasteiger partial charge is 0.308 e. The van der Waals surface area contributed by atoms with E-state index in [2.05, 4.69) is 15.6 Å². The highest BCUT2D eigenvalue weighted by Crippen LogP contribution is 2.27. The Morgan fingerprint density at radius 3 is 2.59 bits per heavy atom. The average molecular weight is 431 g/mol. The largest absolute Gasteiger partial charge is 0.325 e. The van der Waals surface area contributed by atoms with Gasteiger partial charge in [0.1, 0.15) is 4.83 Å². The van der Waals surface area contributed by atoms with Gasteiger partial charge >= 0.3 is 6.03 Å². The van der Waals surface area contributed by atoms with Crippen LogP contribution in [0.2, 0.25) is 0 Å². The number of anilines is 1. The number of nitrogens with one attached hydrogen (secondary N) is 2. The Bertz CT molecular complexity index is 1180. The second kappa shape index (κ2) is 8.38. The number of rotatable bonds is 4. The van der Waals surface area contributed by atoms with Gasteiger partial charge in [-0.25, -0.2) is 9.78 Å². The molecule has 3 aromatic rings. The van der Waals surface area contributed by atoms with Crippen molar-refractivity contribution in [1.29, 1.82) is 0 Å². The highest BCUT2D eigenvalue weighted by Gasteiger charge is 2.16. The highest BCUT2D eigenvalue weighted by atomic mass is 32.2. The van der Waals surface area contributed by atoms with Gasteiger partial charge in [-0.15, -0.1) is 11.3 Å². The molecular weight excluding hydrogens is 408 g/mol. The molecule has 0 aliphatic heterocycles. The fourth-order valence-corrected chi connectivity index (χ4v) is 4.60. The van der Waals surface area contributed by atoms with Crippen LogP contribution in [0, 0.1) is 27.7 Å². The number of carbonyl (C=O) groups excluding carboxylic acids is 2. The quantitative estimate of drug-likeness (QED) is 0.487. The Balaban J connectivity index is 1.64. The first-order valence-electron chi connectivity index (χ1n) is 8.95. The van der Waals surface area contributed by atoms with E-state index in [0.717, 1.165) is 33.3 Å². The molecule has 1 aromatic carbocycles. The molecule has 3 rings (SSSR count). The first-order valence-corrected chi connectivity index (χ1v) is 10.7. The van der Waals surface area contributed by atoms with Crippen LogP contribution in [0.15, 0.2) is 28.2 Å². The summed E-state index contributed by atoms with van der Waals surface area (Å²) in [5.41, 5.74) is 3.59. The standard InChI is InChI=1S/C20H22N4O3S2/c1-10-6-7-14(8-11(10)2)21-19(27)22-15(25)9-28-20-23-17-16(18(26)24(20)5)12(3)13(4)29-17/h6-8H,9H2,1-5H3,(H2,21,22,25,27). The van der Waals surface area contributed by atoms with E-state index in [9.17, 15) is 14.4 Å². The minimum absolute atomic E-state index is 0.0323. The number of hydrogen-bond donors (Lipinski definition) is 2. The van der Waals surface area contributed by atoms with E-state index in [-0.39, 0.29) is 11.3 Å². The number of nitrogens with zero attached hydrogens (tertiary/aromatic N) is 2. The predicted molar refractivity (Wildman–Crippen MR) is 118 cm³/mol. The molecule has 0 saturated carbocycles. The second-order valence-corrected chi connectivity index (χ2v) is 8.96. The van der Waals surface area contributed by atoms with Crippen molar-refractivity contribution in [3.63, 3.8) is 0 Å². The Morgan fingerprint density at radius 2 is 1.90 bits per heavy atom. The van der Waals surface area contributed by atoms with Gasteiger partial charge in [0.2, 0.25) is 5.91 Å². The summed E-state index contributed by atoms with van der Waals surface area (Å²) in [5, 5.41) is 6.00. The molecule has 7 nitrogen and oxygen atoms in total. The highest BCUT2D eigenvalue weighted by molar-refractivity contribution is 7.99. The fourth-order valence-electron chi connectivity index (χ4n) is 2.76. The number of fused-ring (bicyclic) bond motifs is 1. The summed E-state index contributed by atoms with van der Waals surface area (Å²) < 4.78 is 1.44. The first-order chi connectivity index (χ1) is 13.7. The summed E-state index contributed by atoms with van der Waals surface area (Å²) in [7, 11) is 1.63. The maximum absolute atomic E-state index is 12.6. The lowest BCUT2D eigenvalue weighted by atomic mass is 10.1. The normalized spacial score (nSPS) is 10.9. The third-order valence-electron chi connectivity index (χ3n) is 4.72. The Kier molecular flexibility index (Phi) is 6.09. The summed E-state index contributed by atoms with van der Waals surface area (Å²) in [4.78, 5) is 43.0. The molecule has 29 heavy (non-hydrogen) atoms. The summed E-state index contributed by atoms with van der Waals surface area (Å²) in [5.74, 6) is -0.501. The molecule has 0 aliphatic carbocycles. The van der Waals surface area contributed by atoms with E-state index in [1.807, 2.05) is 39.8 Å². The van der Waals surface area contributed by atoms with Crippen molar-refractivity contribution in [1.82, 2.24) is 14.9 Å². The minimum Gasteiger partial charge on any atom is -0.308 e. The van der Waals surface area contributed by atoms with Gasteiger partial charge in [-0.3, -0.25) is 19.5 Å². The summed E-state index contributed by atoms with van der Waals surface area (Å²) in [6.45, 7) is 7.80. The van der Waals surface area contributed by atoms with E-state index in [4.69, 9.17) is 0 Å². The van der Waals surface area contributed by atoms with Crippen LogP contribution in [0.5, 0.6) is 0 Å². The molecule has 3 amide bonds. The van der Waals surface area contributed by atoms with Crippen LogP contribution in [0.3, 0.4) is 0 Å². The van der Waals surface area contributed by atoms with Gasteiger partial charge in [-0.05, 0) is 56.5 Å². The van der Waals surface area contributed by atoms with Gasteiger partial charge < -0.3 is 5.32 Å². The molecule has 0 fully saturated rings. The van der Waals surface area contributed by atoms with Crippen molar-refractivity contribution in [3.05, 3.63) is 50.1 Å². The van der Waals surface area contributed by atoms with E-state index < -0.39 is 11.9 Å². The number of imide groups is 1. The van der Waals surface area contributed by atoms with Crippen molar-refractivity contribution in [3.8, 4) is 0 Å². The first kappa shape index (κ1) is 21.1. The molecule has 0 radical (unpaired) electrons. The lowest BCUT2D eigenvalue weighted by Crippen LogP contribution is -2.35. The van der Waals surface area contributed by atoms with Gasteiger partial charge in [-0.2, -0.15) is 0 Å². The summed E-state index contributed by atoms with van der Waals surface area (Å²) in [6.07, 6.45) is 0. The van der Waals surface area contributed by atoms with E-state index in [0.29, 0.717) is 21.1 Å². The van der Waals surface area contributed by atoms with E-state index in [1.165, 1.54) is 15.9 Å². The van der Waals surface area contributed by atoms with Gasteiger partial charge in [0.25, 0.3) is 5.56 Å². The Labute approximate surface area is 176 Å². The molecule has 2 aromatic heterocycles. The van der Waals surface area contributed by atoms with Crippen LogP contribution in [0.1, 0.15) is 21.6 Å². The van der Waals surface area contributed by atoms with Crippen LogP contribution in [-0.2, 0) is 11.8 Å². The SMILES string of the molecule is Cc1ccc(NC(=O)NC(=O)CSc2nc3sc(C)c(C)c3c(=O)n2C)cc1C. The number of aromatic nitrogens is 2. The van der Waals surface area contributed by atoms with E-state index in [1.54, 1.807) is 13.1 Å². The fraction of sp³-hybridized carbons (Fsp3) is 0.300. The number of carbonyl (C=O) groups is 2. The topological polar surface area (TPSA) is 93.1 Å². The number of urea groups is 1. The zero-order chi connectivity index (χ0) is 21.3. The molecule has 0 bridgehead atoms. The number of thiophene rings is 1. The molecular formula is C20H22N4O3S2. The maximum atomic E-state index is 12.6. The van der Waals surface area contributed by atoms with Crippen molar-refractivity contribution < 1.29 is 9.59 Å². The van der Waals surface area contributed by atoms with Crippen molar-refractivity contribution >= 4 is 50.9 Å². The monoisotopic (exact) mass is 430 g/mol. The lowest BCUT2D eigenvalue weighted by Gasteiger charge is -2.09. The Hall–Kier alpha value is -2.65. The number of thioether (sulfide) groups is 1. The minimum atomic E-state index is -0.597. The van der Waals surface area contributed by atoms with Crippen LogP contribution in [0.25, 0.3) is 10.2 Å². The zero-order valence-electron chi connectivity index (χ0n) is 16.9. The predicted octanol–water partition coefficient (Wildman–Crippen LogP) is 3.67. The lowest BCUT2D eigenvalue weighted by molar-refractivity contribution is -0.117. The third-order valence-corrected chi connectivity index (χ3v) is 6.85. The molecule has 0 spiro atoms. The molecule has 0 saturated heterocycles. The number of aryl methyl sites for hydroxylation is 4. The summed E-state index contributed by atoms with van der Waals surface area (Å²) >= 11 is 2.58. The molecule has 0 aliphatic rings. The number of hydrogen-bond acceptors (Lipinski definition) is 6. The van der Waals surface area contributed by atoms with Crippen LogP contribution in [-0.4, -0.2) is 27.2 Å². The van der Waals surface area contributed by atoms with Crippen LogP contribution >= 0.6 is 23.1 Å². The van der Waals surface area contributed by atoms with Crippen molar-refractivity contribution in [2.24, 2.45) is 7.05 Å². The molecule has 0 unspecified atom stereocenters. The van der Waals surface area contributed by atoms with Gasteiger partial charge in [0, 0.05) is 17.6 Å². The van der Waals surface area contributed by atoms with E-state index >= 15 is 0 Å². The molecule has 9 heteroatoms. The Morgan fingerprint density at radius 1 is 1.17 bits per heavy atom. The zero-order valence-corrected chi connectivity index (χ0v) is 18.5. The molecule has 152 valence electrons. The van der Waals surface area contributed by atoms with Crippen molar-refractivity contribution in [2.45, 2.75) is 32.9 Å². The van der Waals surface area contributed by atoms with Gasteiger partial charge in [0.05, 0.1) is 11.1 Å². The van der Waals surface area contributed by atoms with Crippen molar-refractivity contribution in [2.75, 3.05) is 11.1 Å². The number of benzene rings is 1. The van der Waals surface area contributed by atoms with Crippen LogP contribution < -0.4 is 16.2 Å². The second-order valence-electron chi connectivity index (χ2n) is 6.81. The van der Waals surface area contributed by atoms with Crippen LogP contribution in [0.4, 0.5) is 10.5 Å². The average Bonchev–Trinajstić information content (AvgIpc) is 2.94. The summed E-state index contributed by atoms with van der Waals surface area (Å²) in [6, 6.07) is 4.93. The molecule has 2 heterocycles. The van der Waals surface area contributed by atoms with Gasteiger partial charge in [-0.1, -0.05) is 17.8 Å².